The molecule has 0 aromatic heterocycles. The van der Waals surface area contributed by atoms with Crippen LogP contribution in [0.25, 0.3) is 5.32 Å². The molecule has 1 aliphatic rings. The Morgan fingerprint density at radius 1 is 1.50 bits per heavy atom. The predicted octanol–water partition coefficient (Wildman–Crippen LogP) is 1.89. The van der Waals surface area contributed by atoms with Gasteiger partial charge in [0.05, 0.1) is 0 Å². The molecular formula is C9H9NOYb. The van der Waals surface area contributed by atoms with Crippen molar-refractivity contribution in [3.63, 3.8) is 0 Å². The van der Waals surface area contributed by atoms with E-state index in [1.54, 1.807) is 0 Å². The number of hydrogen-bond donors (Lipinski definition) is 0. The first-order valence-electron chi connectivity index (χ1n) is 3.71. The van der Waals surface area contributed by atoms with Crippen LogP contribution in [0.4, 0.5) is 0 Å². The Morgan fingerprint density at radius 3 is 3.00 bits per heavy atom. The van der Waals surface area contributed by atoms with E-state index < -0.39 is 0 Å². The summed E-state index contributed by atoms with van der Waals surface area (Å²) in [4.78, 5) is 0. The van der Waals surface area contributed by atoms with Crippen LogP contribution in [-0.2, 0) is 4.74 Å². The monoisotopic (exact) mass is 321 g/mol. The maximum absolute atomic E-state index is 5.34. The third-order valence-corrected chi connectivity index (χ3v) is 1.66. The van der Waals surface area contributed by atoms with Gasteiger partial charge < -0.3 is 10.1 Å². The Hall–Kier alpha value is 0.659. The molecule has 1 fully saturated rings. The maximum Gasteiger partial charge on any atom is 2.00 e. The van der Waals surface area contributed by atoms with Crippen LogP contribution in [0, 0.1) is 53.0 Å². The molecule has 0 spiro atoms. The first-order valence-corrected chi connectivity index (χ1v) is 3.71. The van der Waals surface area contributed by atoms with Gasteiger partial charge in [-0.1, -0.05) is 0 Å². The standard InChI is InChI=1S/C9H9NO.Yb/c1-2-4-8(5-3-1)9-10-6-7-11-9;/h1-4,9H,6-7H2;/q-2;+2. The summed E-state index contributed by atoms with van der Waals surface area (Å²) in [5.41, 5.74) is 1.03. The summed E-state index contributed by atoms with van der Waals surface area (Å²) in [7, 11) is 0. The Morgan fingerprint density at radius 2 is 2.42 bits per heavy atom. The molecule has 3 heteroatoms. The summed E-state index contributed by atoms with van der Waals surface area (Å²) < 4.78 is 5.34. The average molecular weight is 320 g/mol. The number of rotatable bonds is 1. The van der Waals surface area contributed by atoms with Crippen LogP contribution in [0.3, 0.4) is 0 Å². The molecule has 70 valence electrons. The van der Waals surface area contributed by atoms with E-state index in [1.807, 2.05) is 24.3 Å². The van der Waals surface area contributed by atoms with Crippen LogP contribution in [0.2, 0.25) is 0 Å². The molecule has 1 aromatic rings. The molecule has 0 amide bonds. The van der Waals surface area contributed by atoms with Crippen molar-refractivity contribution in [2.24, 2.45) is 0 Å². The van der Waals surface area contributed by atoms with Crippen LogP contribution in [0.1, 0.15) is 11.8 Å². The molecule has 1 aliphatic heterocycles. The van der Waals surface area contributed by atoms with Crippen molar-refractivity contribution in [2.45, 2.75) is 6.23 Å². The molecule has 0 bridgehead atoms. The minimum absolute atomic E-state index is 0. The molecular weight excluding hydrogens is 311 g/mol. The third-order valence-electron chi connectivity index (χ3n) is 1.66. The van der Waals surface area contributed by atoms with Gasteiger partial charge >= 0.3 is 46.9 Å². The van der Waals surface area contributed by atoms with Crippen molar-refractivity contribution in [3.8, 4) is 0 Å². The Labute approximate surface area is 111 Å². The maximum atomic E-state index is 5.34. The van der Waals surface area contributed by atoms with E-state index in [0.29, 0.717) is 0 Å². The largest absolute Gasteiger partial charge is 2.00 e. The van der Waals surface area contributed by atoms with E-state index in [0.717, 1.165) is 18.7 Å². The molecule has 12 heavy (non-hydrogen) atoms. The fourth-order valence-electron chi connectivity index (χ4n) is 1.14. The van der Waals surface area contributed by atoms with E-state index in [2.05, 4.69) is 11.4 Å². The smallest absolute Gasteiger partial charge is 0.633 e. The number of benzene rings is 1. The van der Waals surface area contributed by atoms with Crippen molar-refractivity contribution in [2.75, 3.05) is 13.2 Å². The minimum Gasteiger partial charge on any atom is -0.633 e. The van der Waals surface area contributed by atoms with Gasteiger partial charge in [-0.25, -0.2) is 0 Å². The van der Waals surface area contributed by atoms with E-state index in [9.17, 15) is 0 Å². The predicted molar refractivity (Wildman–Crippen MR) is 42.2 cm³/mol. The van der Waals surface area contributed by atoms with Gasteiger partial charge in [0.15, 0.2) is 0 Å². The van der Waals surface area contributed by atoms with Crippen molar-refractivity contribution in [3.05, 3.63) is 41.2 Å². The minimum atomic E-state index is -0.0591. The molecule has 0 saturated carbocycles. The molecule has 1 aromatic carbocycles. The van der Waals surface area contributed by atoms with Gasteiger partial charge in [0.2, 0.25) is 0 Å². The number of hydrogen-bond acceptors (Lipinski definition) is 1. The van der Waals surface area contributed by atoms with Gasteiger partial charge in [0.1, 0.15) is 0 Å². The topological polar surface area (TPSA) is 23.3 Å². The number of nitrogens with zero attached hydrogens (tertiary/aromatic N) is 1. The van der Waals surface area contributed by atoms with Crippen LogP contribution in [-0.4, -0.2) is 13.2 Å². The van der Waals surface area contributed by atoms with Gasteiger partial charge in [0, 0.05) is 6.61 Å². The molecule has 1 heterocycles. The van der Waals surface area contributed by atoms with Crippen molar-refractivity contribution < 1.29 is 51.7 Å². The van der Waals surface area contributed by atoms with E-state index in [-0.39, 0.29) is 53.2 Å². The van der Waals surface area contributed by atoms with E-state index >= 15 is 0 Å². The molecule has 0 aliphatic carbocycles. The molecule has 2 nitrogen and oxygen atoms in total. The molecule has 1 unspecified atom stereocenters. The SMILES string of the molecule is [Yb+2].[c-]1ccccc1C1[N-]CCO1. The summed E-state index contributed by atoms with van der Waals surface area (Å²) in [6, 6.07) is 10.9. The fourth-order valence-corrected chi connectivity index (χ4v) is 1.14. The van der Waals surface area contributed by atoms with Gasteiger partial charge in [-0.05, 0) is 6.23 Å². The van der Waals surface area contributed by atoms with Gasteiger partial charge in [-0.2, -0.15) is 35.9 Å². The van der Waals surface area contributed by atoms with Gasteiger partial charge in [-0.3, -0.25) is 0 Å². The summed E-state index contributed by atoms with van der Waals surface area (Å²) in [5, 5.41) is 4.25. The summed E-state index contributed by atoms with van der Waals surface area (Å²) in [6.07, 6.45) is -0.0591. The fraction of sp³-hybridized carbons (Fsp3) is 0.333. The molecule has 2 rings (SSSR count). The van der Waals surface area contributed by atoms with Crippen molar-refractivity contribution in [1.29, 1.82) is 0 Å². The Balaban J connectivity index is 0.000000720. The molecule has 1 saturated heterocycles. The quantitative estimate of drug-likeness (QED) is 0.725. The molecule has 1 atom stereocenters. The second-order valence-electron chi connectivity index (χ2n) is 2.45. The molecule has 0 N–H and O–H groups in total. The second kappa shape index (κ2) is 5.40. The van der Waals surface area contributed by atoms with Crippen molar-refractivity contribution in [1.82, 2.24) is 0 Å². The first kappa shape index (κ1) is 10.7. The average Bonchev–Trinajstić information content (AvgIpc) is 2.58. The van der Waals surface area contributed by atoms with Gasteiger partial charge in [-0.15, -0.1) is 6.54 Å². The van der Waals surface area contributed by atoms with Crippen molar-refractivity contribution >= 4 is 0 Å². The Bertz CT molecular complexity index is 221. The van der Waals surface area contributed by atoms with E-state index in [4.69, 9.17) is 4.74 Å². The Kier molecular flexibility index (Phi) is 4.83. The van der Waals surface area contributed by atoms with Crippen LogP contribution in [0.15, 0.2) is 24.3 Å². The van der Waals surface area contributed by atoms with Gasteiger partial charge in [0.25, 0.3) is 0 Å². The zero-order valence-electron chi connectivity index (χ0n) is 6.42. The first-order chi connectivity index (χ1) is 5.47. The zero-order chi connectivity index (χ0) is 7.52. The summed E-state index contributed by atoms with van der Waals surface area (Å²) >= 11 is 0. The molecule has 0 radical (unpaired) electrons. The zero-order valence-corrected chi connectivity index (χ0v) is 8.14. The van der Waals surface area contributed by atoms with Crippen LogP contribution < -0.4 is 0 Å². The second-order valence-corrected chi connectivity index (χ2v) is 2.45. The summed E-state index contributed by atoms with van der Waals surface area (Å²) in [6.45, 7) is 1.56. The summed E-state index contributed by atoms with van der Waals surface area (Å²) in [5.74, 6) is 0. The number of ether oxygens (including phenoxy) is 1. The van der Waals surface area contributed by atoms with Crippen LogP contribution in [0.5, 0.6) is 0 Å². The van der Waals surface area contributed by atoms with E-state index in [1.165, 1.54) is 0 Å². The normalized spacial score (nSPS) is 21.8. The third kappa shape index (κ3) is 2.57. The van der Waals surface area contributed by atoms with Crippen LogP contribution >= 0.6 is 0 Å².